The van der Waals surface area contributed by atoms with Crippen molar-refractivity contribution in [1.29, 1.82) is 5.26 Å². The molecule has 2 aliphatic heterocycles. The predicted molar refractivity (Wildman–Crippen MR) is 513 cm³/mol. The quantitative estimate of drug-likeness (QED) is 0.0958. The summed E-state index contributed by atoms with van der Waals surface area (Å²) in [5.41, 5.74) is 36.4. The molecule has 18 aromatic rings. The molecule has 0 aliphatic carbocycles. The number of rotatable bonds is 11. The van der Waals surface area contributed by atoms with Crippen molar-refractivity contribution in [3.05, 3.63) is 385 Å². The van der Waals surface area contributed by atoms with Gasteiger partial charge in [0, 0.05) is 77.9 Å². The van der Waals surface area contributed by atoms with E-state index in [4.69, 9.17) is 6.57 Å². The molecule has 0 unspecified atom stereocenters. The maximum Gasteiger partial charge on any atom is 0.252 e. The molecule has 0 saturated carbocycles. The number of benzene rings is 16. The zero-order valence-corrected chi connectivity index (χ0v) is 70.7. The van der Waals surface area contributed by atoms with Crippen molar-refractivity contribution in [2.24, 2.45) is 0 Å². The normalized spacial score (nSPS) is 12.7. The van der Waals surface area contributed by atoms with Gasteiger partial charge >= 0.3 is 0 Å². The molecular weight excluding hydrogens is 1460 g/mol. The zero-order chi connectivity index (χ0) is 83.1. The van der Waals surface area contributed by atoms with Crippen molar-refractivity contribution in [3.63, 3.8) is 0 Å². The lowest BCUT2D eigenvalue weighted by molar-refractivity contribution is 0.590. The third-order valence-electron chi connectivity index (χ3n) is 25.3. The number of hydrogen-bond donors (Lipinski definition) is 0. The lowest BCUT2D eigenvalue weighted by Crippen LogP contribution is -2.61. The first-order valence-electron chi connectivity index (χ1n) is 42.3. The molecule has 7 heteroatoms. The minimum atomic E-state index is -0.370. The Hall–Kier alpha value is -14.2. The van der Waals surface area contributed by atoms with Gasteiger partial charge in [-0.3, -0.25) is 0 Å². The molecule has 0 amide bonds. The molecule has 0 radical (unpaired) electrons. The van der Waals surface area contributed by atoms with E-state index in [9.17, 15) is 5.26 Å². The highest BCUT2D eigenvalue weighted by molar-refractivity contribution is 7.00. The average molecular weight is 1560 g/mol. The number of nitrogens with zero attached hydrogens (tertiary/aromatic N) is 6. The van der Waals surface area contributed by atoms with Crippen LogP contribution in [0, 0.1) is 17.9 Å². The Kier molecular flexibility index (Phi) is 18.0. The fourth-order valence-corrected chi connectivity index (χ4v) is 19.0. The van der Waals surface area contributed by atoms with Crippen LogP contribution in [0.5, 0.6) is 0 Å². The molecule has 16 aromatic carbocycles. The molecule has 121 heavy (non-hydrogen) atoms. The molecule has 6 nitrogen and oxygen atoms in total. The Morgan fingerprint density at radius 2 is 0.587 bits per heavy atom. The third kappa shape index (κ3) is 13.0. The summed E-state index contributed by atoms with van der Waals surface area (Å²) in [6, 6.07) is 132. The Balaban J connectivity index is 1.00. The van der Waals surface area contributed by atoms with Gasteiger partial charge in [-0.1, -0.05) is 332 Å². The Morgan fingerprint density at radius 3 is 0.917 bits per heavy atom. The fraction of sp³-hybridized carbons (Fsp3) is 0.140. The molecule has 2 aromatic heterocycles. The molecular formula is C114H93BN6. The minimum Gasteiger partial charge on any atom is -0.310 e. The van der Waals surface area contributed by atoms with Gasteiger partial charge < -0.3 is 18.9 Å². The molecule has 0 bridgehead atoms. The largest absolute Gasteiger partial charge is 0.310 e. The summed E-state index contributed by atoms with van der Waals surface area (Å²) in [7, 11) is 0. The Bertz CT molecular complexity index is 6660. The van der Waals surface area contributed by atoms with Crippen LogP contribution in [0.4, 0.5) is 39.8 Å². The van der Waals surface area contributed by atoms with Crippen molar-refractivity contribution in [1.82, 2.24) is 9.13 Å². The number of para-hydroxylation sites is 4. The second-order valence-electron chi connectivity index (χ2n) is 37.1. The van der Waals surface area contributed by atoms with E-state index in [1.54, 1.807) is 0 Å². The van der Waals surface area contributed by atoms with Crippen LogP contribution in [0.15, 0.2) is 346 Å². The first kappa shape index (κ1) is 75.5. The Morgan fingerprint density at radius 1 is 0.281 bits per heavy atom. The van der Waals surface area contributed by atoms with E-state index >= 15 is 0 Å². The lowest BCUT2D eigenvalue weighted by atomic mass is 9.33. The van der Waals surface area contributed by atoms with Crippen LogP contribution >= 0.6 is 0 Å². The average Bonchev–Trinajstić information content (AvgIpc) is 0.905. The van der Waals surface area contributed by atoms with Gasteiger partial charge in [0.25, 0.3) is 6.71 Å². The van der Waals surface area contributed by atoms with E-state index < -0.39 is 0 Å². The van der Waals surface area contributed by atoms with Crippen LogP contribution in [0.2, 0.25) is 0 Å². The van der Waals surface area contributed by atoms with Gasteiger partial charge in [-0.15, -0.1) is 0 Å². The van der Waals surface area contributed by atoms with Gasteiger partial charge in [0.05, 0.1) is 51.6 Å². The van der Waals surface area contributed by atoms with Gasteiger partial charge in [-0.25, -0.2) is 4.85 Å². The molecule has 0 N–H and O–H groups in total. The van der Waals surface area contributed by atoms with Crippen LogP contribution in [0.3, 0.4) is 0 Å². The molecule has 2 aliphatic rings. The number of hydrogen-bond acceptors (Lipinski definition) is 3. The van der Waals surface area contributed by atoms with Crippen LogP contribution in [-0.4, -0.2) is 15.8 Å². The maximum absolute atomic E-state index is 10.4. The van der Waals surface area contributed by atoms with E-state index in [-0.39, 0.29) is 28.4 Å². The van der Waals surface area contributed by atoms with E-state index in [1.807, 2.05) is 24.3 Å². The van der Waals surface area contributed by atoms with Crippen LogP contribution < -0.4 is 26.2 Å². The first-order chi connectivity index (χ1) is 58.4. The smallest absolute Gasteiger partial charge is 0.252 e. The van der Waals surface area contributed by atoms with Crippen molar-refractivity contribution in [2.75, 3.05) is 9.80 Å². The van der Waals surface area contributed by atoms with Gasteiger partial charge in [0.1, 0.15) is 0 Å². The molecule has 0 atom stereocenters. The molecule has 4 heterocycles. The summed E-state index contributed by atoms with van der Waals surface area (Å²) >= 11 is 0. The number of fused-ring (bicyclic) bond motifs is 10. The summed E-state index contributed by atoms with van der Waals surface area (Å²) in [5.74, 6) is 0. The van der Waals surface area contributed by atoms with Crippen LogP contribution in [0.1, 0.15) is 111 Å². The lowest BCUT2D eigenvalue weighted by Gasteiger charge is -2.46. The SMILES string of the molecule is [C-]#[N+]c1ccc(-c2cc(-c3cccc(C(C)(C)C)c3)c(N3c4cc(-n5c6ccccc6c6ccccc65)ccc4B4c5ccc(-n6c7ccccc7c7ccccc76)cc5N(c5c(-c6cccc(C(C)(C)C)c6)cc(-c6ccc(C#N)cc6)cc5-c5cccc(C(C)(C)C)c5)c5cc(-c6ccccc6)cc3c54)c(-c3cccc(C(C)(C)C)c3)c2)cc1. The number of nitriles is 1. The van der Waals surface area contributed by atoms with Crippen LogP contribution in [-0.2, 0) is 21.7 Å². The highest BCUT2D eigenvalue weighted by Crippen LogP contribution is 2.57. The summed E-state index contributed by atoms with van der Waals surface area (Å²) in [4.78, 5) is 9.34. The highest BCUT2D eigenvalue weighted by atomic mass is 15.2. The van der Waals surface area contributed by atoms with Crippen molar-refractivity contribution in [3.8, 4) is 95.3 Å². The maximum atomic E-state index is 10.4. The second-order valence-corrected chi connectivity index (χ2v) is 37.1. The van der Waals surface area contributed by atoms with E-state index in [1.165, 1.54) is 43.8 Å². The third-order valence-corrected chi connectivity index (χ3v) is 25.3. The summed E-state index contributed by atoms with van der Waals surface area (Å²) in [6.45, 7) is 35.6. The van der Waals surface area contributed by atoms with Gasteiger partial charge in [0.15, 0.2) is 5.69 Å². The van der Waals surface area contributed by atoms with Crippen molar-refractivity contribution < 1.29 is 0 Å². The Labute approximate surface area is 711 Å². The summed E-state index contributed by atoms with van der Waals surface area (Å²) in [5, 5.41) is 15.2. The van der Waals surface area contributed by atoms with Gasteiger partial charge in [-0.05, 0) is 213 Å². The molecule has 0 fully saturated rings. The van der Waals surface area contributed by atoms with Gasteiger partial charge in [0.2, 0.25) is 0 Å². The zero-order valence-electron chi connectivity index (χ0n) is 70.7. The standard InChI is InChI=1S/C114H93BN6/c1-111(2,3)83-35-25-31-76(59-83)94-63-80(74-49-47-72(71-116)48-50-74)64-95(77-32-26-36-84(60-77)112(4,5)6)109(94)120-104-69-88(118-100-43-21-17-39-90(100)91-40-18-22-44-101(91)118)55-57-98(104)115-99-58-56-89(119-102-45-23-19-41-92(102)93-42-20-24-46-103(93)119)70-105(99)121(107-68-82(67-106(120)108(107)115)73-29-15-14-16-30-73)110-96(78-33-27-37-85(61-78)113(7,8)9)65-81(75-51-53-87(117-13)54-52-75)66-97(110)79-34-28-38-86(62-79)114(10,11)12/h14-70H,1-12H3. The number of anilines is 6. The highest BCUT2D eigenvalue weighted by Gasteiger charge is 2.47. The van der Waals surface area contributed by atoms with Crippen molar-refractivity contribution >= 4 is 107 Å². The topological polar surface area (TPSA) is 44.5 Å². The molecule has 20 rings (SSSR count). The van der Waals surface area contributed by atoms with Crippen molar-refractivity contribution in [2.45, 2.75) is 105 Å². The van der Waals surface area contributed by atoms with E-state index in [0.29, 0.717) is 11.3 Å². The van der Waals surface area contributed by atoms with Gasteiger partial charge in [-0.2, -0.15) is 5.26 Å². The second kappa shape index (κ2) is 28.8. The predicted octanol–water partition coefficient (Wildman–Crippen LogP) is 29.2. The van der Waals surface area contributed by atoms with Crippen LogP contribution in [0.25, 0.3) is 138 Å². The minimum absolute atomic E-state index is 0.212. The molecule has 0 spiro atoms. The summed E-state index contributed by atoms with van der Waals surface area (Å²) in [6.07, 6.45) is 0. The van der Waals surface area contributed by atoms with E-state index in [0.717, 1.165) is 162 Å². The molecule has 0 saturated heterocycles. The summed E-state index contributed by atoms with van der Waals surface area (Å²) < 4.78 is 4.98. The van der Waals surface area contributed by atoms with E-state index in [2.05, 4.69) is 434 Å². The first-order valence-corrected chi connectivity index (χ1v) is 42.3. The molecule has 582 valence electrons. The number of aromatic nitrogens is 2. The fourth-order valence-electron chi connectivity index (χ4n) is 19.0. The monoisotopic (exact) mass is 1560 g/mol.